The highest BCUT2D eigenvalue weighted by atomic mass is 16.2. The van der Waals surface area contributed by atoms with Crippen molar-refractivity contribution in [3.63, 3.8) is 0 Å². The number of hydrogen-bond acceptors (Lipinski definition) is 3. The molecular weight excluding hydrogens is 334 g/mol. The summed E-state index contributed by atoms with van der Waals surface area (Å²) in [7, 11) is 0. The molecule has 2 heterocycles. The Bertz CT molecular complexity index is 997. The number of carbonyl (C=O) groups is 1. The lowest BCUT2D eigenvalue weighted by Crippen LogP contribution is -2.48. The van der Waals surface area contributed by atoms with Crippen molar-refractivity contribution in [3.8, 4) is 0 Å². The van der Waals surface area contributed by atoms with Crippen LogP contribution in [-0.2, 0) is 0 Å². The first kappa shape index (κ1) is 17.7. The Morgan fingerprint density at radius 1 is 1.11 bits per heavy atom. The van der Waals surface area contributed by atoms with Crippen LogP contribution in [-0.4, -0.2) is 35.4 Å². The van der Waals surface area contributed by atoms with Gasteiger partial charge in [-0.3, -0.25) is 9.78 Å². The molecule has 1 aliphatic rings. The molecule has 0 aliphatic carbocycles. The molecule has 0 unspecified atom stereocenters. The smallest absolute Gasteiger partial charge is 0.254 e. The Morgan fingerprint density at radius 3 is 2.67 bits per heavy atom. The summed E-state index contributed by atoms with van der Waals surface area (Å²) in [5.74, 6) is 0.0937. The third-order valence-corrected chi connectivity index (χ3v) is 5.53. The molecular formula is C23H25N3O. The van der Waals surface area contributed by atoms with Gasteiger partial charge in [0.2, 0.25) is 0 Å². The van der Waals surface area contributed by atoms with Crippen molar-refractivity contribution in [2.75, 3.05) is 19.6 Å². The molecule has 138 valence electrons. The number of rotatable bonds is 2. The van der Waals surface area contributed by atoms with Crippen LogP contribution in [0.25, 0.3) is 10.9 Å². The molecule has 1 aromatic heterocycles. The van der Waals surface area contributed by atoms with Crippen LogP contribution in [0.3, 0.4) is 0 Å². The first-order valence-electron chi connectivity index (χ1n) is 9.50. The number of carbonyl (C=O) groups excluding carboxylic acids is 1. The summed E-state index contributed by atoms with van der Waals surface area (Å²) in [6.07, 6.45) is 0. The number of aromatic nitrogens is 1. The third kappa shape index (κ3) is 3.33. The first-order chi connectivity index (χ1) is 13.0. The van der Waals surface area contributed by atoms with Crippen molar-refractivity contribution in [3.05, 3.63) is 76.5 Å². The number of nitrogens with zero attached hydrogens (tertiary/aromatic N) is 2. The Hall–Kier alpha value is -2.72. The molecule has 27 heavy (non-hydrogen) atoms. The molecule has 1 aliphatic heterocycles. The standard InChI is InChI=1S/C23H25N3O/c1-15-9-10-19-20(13-16(2)25-22(19)17(15)3)23(27)26-12-11-24-21(14-26)18-7-5-4-6-8-18/h4-10,13,21,24H,11-12,14H2,1-3H3/t21-/m1/s1. The number of piperazine rings is 1. The summed E-state index contributed by atoms with van der Waals surface area (Å²) in [6.45, 7) is 8.32. The predicted molar refractivity (Wildman–Crippen MR) is 109 cm³/mol. The number of benzene rings is 2. The van der Waals surface area contributed by atoms with Crippen LogP contribution in [0.5, 0.6) is 0 Å². The second-order valence-corrected chi connectivity index (χ2v) is 7.38. The zero-order valence-electron chi connectivity index (χ0n) is 16.1. The van der Waals surface area contributed by atoms with Gasteiger partial charge < -0.3 is 10.2 Å². The largest absolute Gasteiger partial charge is 0.335 e. The highest BCUT2D eigenvalue weighted by Crippen LogP contribution is 2.26. The van der Waals surface area contributed by atoms with Gasteiger partial charge in [-0.1, -0.05) is 42.5 Å². The number of nitrogens with one attached hydrogen (secondary N) is 1. The average molecular weight is 359 g/mol. The summed E-state index contributed by atoms with van der Waals surface area (Å²) in [5, 5.41) is 4.48. The minimum absolute atomic E-state index is 0.0937. The molecule has 1 N–H and O–H groups in total. The lowest BCUT2D eigenvalue weighted by atomic mass is 9.99. The normalized spacial score (nSPS) is 17.3. The maximum Gasteiger partial charge on any atom is 0.254 e. The second kappa shape index (κ2) is 7.12. The molecule has 4 rings (SSSR count). The van der Waals surface area contributed by atoms with Gasteiger partial charge in [0.15, 0.2) is 0 Å². The second-order valence-electron chi connectivity index (χ2n) is 7.38. The highest BCUT2D eigenvalue weighted by Gasteiger charge is 2.26. The van der Waals surface area contributed by atoms with Gasteiger partial charge in [0, 0.05) is 36.8 Å². The van der Waals surface area contributed by atoms with Gasteiger partial charge in [0.1, 0.15) is 0 Å². The zero-order valence-corrected chi connectivity index (χ0v) is 16.1. The van der Waals surface area contributed by atoms with Gasteiger partial charge in [0.25, 0.3) is 5.91 Å². The topological polar surface area (TPSA) is 45.2 Å². The van der Waals surface area contributed by atoms with E-state index in [0.29, 0.717) is 6.54 Å². The Balaban J connectivity index is 1.69. The van der Waals surface area contributed by atoms with Crippen LogP contribution >= 0.6 is 0 Å². The Labute approximate surface area is 160 Å². The van der Waals surface area contributed by atoms with Crippen molar-refractivity contribution >= 4 is 16.8 Å². The number of aryl methyl sites for hydroxylation is 3. The van der Waals surface area contributed by atoms with Crippen molar-refractivity contribution in [2.24, 2.45) is 0 Å². The quantitative estimate of drug-likeness (QED) is 0.754. The van der Waals surface area contributed by atoms with Gasteiger partial charge >= 0.3 is 0 Å². The minimum Gasteiger partial charge on any atom is -0.335 e. The van der Waals surface area contributed by atoms with Crippen molar-refractivity contribution in [2.45, 2.75) is 26.8 Å². The van der Waals surface area contributed by atoms with Crippen LogP contribution in [0, 0.1) is 20.8 Å². The van der Waals surface area contributed by atoms with Crippen LogP contribution in [0.1, 0.15) is 38.8 Å². The van der Waals surface area contributed by atoms with E-state index in [1.165, 1.54) is 11.1 Å². The molecule has 0 radical (unpaired) electrons. The Kier molecular flexibility index (Phi) is 4.66. The zero-order chi connectivity index (χ0) is 19.0. The van der Waals surface area contributed by atoms with E-state index in [1.54, 1.807) is 0 Å². The molecule has 1 atom stereocenters. The molecule has 4 heteroatoms. The summed E-state index contributed by atoms with van der Waals surface area (Å²) in [6, 6.07) is 16.6. The van der Waals surface area contributed by atoms with Crippen LogP contribution < -0.4 is 5.32 Å². The Morgan fingerprint density at radius 2 is 1.89 bits per heavy atom. The molecule has 1 amide bonds. The van der Waals surface area contributed by atoms with Gasteiger partial charge in [-0.25, -0.2) is 0 Å². The minimum atomic E-state index is 0.0937. The SMILES string of the molecule is Cc1cc(C(=O)N2CCN[C@@H](c3ccccc3)C2)c2ccc(C)c(C)c2n1. The fraction of sp³-hybridized carbons (Fsp3) is 0.304. The molecule has 0 bridgehead atoms. The number of hydrogen-bond donors (Lipinski definition) is 1. The number of pyridine rings is 1. The molecule has 0 saturated carbocycles. The van der Waals surface area contributed by atoms with E-state index < -0.39 is 0 Å². The third-order valence-electron chi connectivity index (χ3n) is 5.53. The van der Waals surface area contributed by atoms with E-state index in [0.717, 1.165) is 40.8 Å². The fourth-order valence-electron chi connectivity index (χ4n) is 3.85. The lowest BCUT2D eigenvalue weighted by molar-refractivity contribution is 0.0705. The maximum absolute atomic E-state index is 13.4. The summed E-state index contributed by atoms with van der Waals surface area (Å²) < 4.78 is 0. The van der Waals surface area contributed by atoms with Crippen LogP contribution in [0.2, 0.25) is 0 Å². The van der Waals surface area contributed by atoms with E-state index in [2.05, 4.69) is 37.4 Å². The van der Waals surface area contributed by atoms with Gasteiger partial charge in [-0.2, -0.15) is 0 Å². The monoisotopic (exact) mass is 359 g/mol. The fourth-order valence-corrected chi connectivity index (χ4v) is 3.85. The summed E-state index contributed by atoms with van der Waals surface area (Å²) >= 11 is 0. The summed E-state index contributed by atoms with van der Waals surface area (Å²) in [5.41, 5.74) is 6.15. The van der Waals surface area contributed by atoms with Crippen LogP contribution in [0.4, 0.5) is 0 Å². The van der Waals surface area contributed by atoms with E-state index in [9.17, 15) is 4.79 Å². The predicted octanol–water partition coefficient (Wildman–Crippen LogP) is 3.95. The molecule has 1 fully saturated rings. The number of amides is 1. The molecule has 3 aromatic rings. The molecule has 0 spiro atoms. The van der Waals surface area contributed by atoms with Gasteiger partial charge in [-0.05, 0) is 43.5 Å². The highest BCUT2D eigenvalue weighted by molar-refractivity contribution is 6.07. The van der Waals surface area contributed by atoms with Gasteiger partial charge in [-0.15, -0.1) is 0 Å². The molecule has 1 saturated heterocycles. The van der Waals surface area contributed by atoms with Crippen molar-refractivity contribution in [1.29, 1.82) is 0 Å². The van der Waals surface area contributed by atoms with E-state index >= 15 is 0 Å². The lowest BCUT2D eigenvalue weighted by Gasteiger charge is -2.34. The van der Waals surface area contributed by atoms with Crippen LogP contribution in [0.15, 0.2) is 48.5 Å². The van der Waals surface area contributed by atoms with Crippen molar-refractivity contribution < 1.29 is 4.79 Å². The van der Waals surface area contributed by atoms with Crippen molar-refractivity contribution in [1.82, 2.24) is 15.2 Å². The van der Waals surface area contributed by atoms with E-state index in [-0.39, 0.29) is 11.9 Å². The summed E-state index contributed by atoms with van der Waals surface area (Å²) in [4.78, 5) is 20.1. The molecule has 4 nitrogen and oxygen atoms in total. The molecule has 2 aromatic carbocycles. The van der Waals surface area contributed by atoms with E-state index in [1.807, 2.05) is 42.2 Å². The van der Waals surface area contributed by atoms with E-state index in [4.69, 9.17) is 4.98 Å². The maximum atomic E-state index is 13.4. The van der Waals surface area contributed by atoms with Gasteiger partial charge in [0.05, 0.1) is 11.1 Å². The average Bonchev–Trinajstić information content (AvgIpc) is 2.71. The first-order valence-corrected chi connectivity index (χ1v) is 9.50. The number of fused-ring (bicyclic) bond motifs is 1.